The van der Waals surface area contributed by atoms with Crippen molar-refractivity contribution in [3.63, 3.8) is 0 Å². The van der Waals surface area contributed by atoms with Crippen LogP contribution in [0.5, 0.6) is 5.75 Å². The van der Waals surface area contributed by atoms with Gasteiger partial charge in [0.15, 0.2) is 0 Å². The fraction of sp³-hybridized carbons (Fsp3) is 0.143. The second kappa shape index (κ2) is 5.00. The van der Waals surface area contributed by atoms with Crippen molar-refractivity contribution in [2.75, 3.05) is 7.11 Å². The van der Waals surface area contributed by atoms with Crippen LogP contribution < -0.4 is 4.74 Å². The predicted molar refractivity (Wildman–Crippen MR) is 37.3 cm³/mol. The van der Waals surface area contributed by atoms with Gasteiger partial charge in [0.25, 0.3) is 0 Å². The molecule has 0 saturated heterocycles. The van der Waals surface area contributed by atoms with E-state index in [0.29, 0.717) is 11.4 Å². The van der Waals surface area contributed by atoms with Gasteiger partial charge < -0.3 is 4.74 Å². The van der Waals surface area contributed by atoms with Crippen LogP contribution in [0.1, 0.15) is 0 Å². The Labute approximate surface area is 78.4 Å². The molecule has 0 heterocycles. The van der Waals surface area contributed by atoms with Crippen molar-refractivity contribution >= 4 is 5.69 Å². The van der Waals surface area contributed by atoms with Crippen molar-refractivity contribution < 1.29 is 25.2 Å². The zero-order chi connectivity index (χ0) is 7.40. The normalized spacial score (nSPS) is 8.09. The Hall–Kier alpha value is -0.718. The van der Waals surface area contributed by atoms with Crippen LogP contribution in [0, 0.1) is 11.0 Å². The second-order valence-corrected chi connectivity index (χ2v) is 1.71. The molecule has 0 N–H and O–H groups in total. The summed E-state index contributed by atoms with van der Waals surface area (Å²) in [6.45, 7) is 0. The Morgan fingerprint density at radius 1 is 1.55 bits per heavy atom. The summed E-state index contributed by atoms with van der Waals surface area (Å²) in [4.78, 5) is 9.88. The predicted octanol–water partition coefficient (Wildman–Crippen LogP) is 1.89. The topological polar surface area (TPSA) is 38.7 Å². The van der Waals surface area contributed by atoms with Gasteiger partial charge in [-0.2, -0.15) is 0 Å². The van der Waals surface area contributed by atoms with Crippen molar-refractivity contribution in [1.29, 1.82) is 0 Å². The Bertz CT molecular complexity index is 222. The van der Waals surface area contributed by atoms with Gasteiger partial charge in [0, 0.05) is 26.2 Å². The summed E-state index contributed by atoms with van der Waals surface area (Å²) in [7, 11) is 1.55. The molecule has 1 aromatic rings. The number of hydrogen-bond donors (Lipinski definition) is 0. The summed E-state index contributed by atoms with van der Waals surface area (Å²) in [6.07, 6.45) is 0. The van der Waals surface area contributed by atoms with E-state index in [2.05, 4.69) is 11.2 Å². The van der Waals surface area contributed by atoms with E-state index in [1.807, 2.05) is 0 Å². The number of nitrogens with zero attached hydrogens (tertiary/aromatic N) is 1. The zero-order valence-corrected chi connectivity index (χ0v) is 7.37. The quantitative estimate of drug-likeness (QED) is 0.451. The van der Waals surface area contributed by atoms with E-state index in [-0.39, 0.29) is 20.4 Å². The molecule has 11 heavy (non-hydrogen) atoms. The molecule has 0 unspecified atom stereocenters. The third-order valence-electron chi connectivity index (χ3n) is 1.10. The molecule has 0 aliphatic carbocycles. The van der Waals surface area contributed by atoms with Crippen molar-refractivity contribution in [3.8, 4) is 5.75 Å². The molecule has 1 rings (SSSR count). The van der Waals surface area contributed by atoms with Crippen molar-refractivity contribution in [1.82, 2.24) is 0 Å². The minimum atomic E-state index is 0. The molecule has 0 aromatic heterocycles. The molecule has 0 fully saturated rings. The first-order valence-corrected chi connectivity index (χ1v) is 2.76. The number of methoxy groups -OCH3 is 1. The Morgan fingerprint density at radius 2 is 2.27 bits per heavy atom. The average molecular weight is 243 g/mol. The van der Waals surface area contributed by atoms with E-state index in [9.17, 15) is 4.91 Å². The molecule has 0 bridgehead atoms. The Balaban J connectivity index is 0.000001000. The van der Waals surface area contributed by atoms with Crippen LogP contribution in [-0.4, -0.2) is 7.11 Å². The zero-order valence-electron chi connectivity index (χ0n) is 5.81. The van der Waals surface area contributed by atoms with Gasteiger partial charge in [0.1, 0.15) is 0 Å². The van der Waals surface area contributed by atoms with E-state index < -0.39 is 0 Å². The van der Waals surface area contributed by atoms with Crippen molar-refractivity contribution in [3.05, 3.63) is 29.2 Å². The summed E-state index contributed by atoms with van der Waals surface area (Å²) in [5.41, 5.74) is 0.292. The smallest absolute Gasteiger partial charge is 0.0606 e. The molecule has 0 radical (unpaired) electrons. The molecular weight excluding hydrogens is 237 g/mol. The molecule has 0 aliphatic heterocycles. The summed E-state index contributed by atoms with van der Waals surface area (Å²) >= 11 is 0. The van der Waals surface area contributed by atoms with E-state index in [1.165, 1.54) is 0 Å². The third kappa shape index (κ3) is 2.79. The molecule has 3 nitrogen and oxygen atoms in total. The maximum Gasteiger partial charge on any atom is 0.0606 e. The maximum absolute atomic E-state index is 9.88. The fourth-order valence-electron chi connectivity index (χ4n) is 0.586. The van der Waals surface area contributed by atoms with E-state index in [0.717, 1.165) is 0 Å². The van der Waals surface area contributed by atoms with Crippen LogP contribution in [0.2, 0.25) is 0 Å². The van der Waals surface area contributed by atoms with Gasteiger partial charge in [0.05, 0.1) is 7.11 Å². The van der Waals surface area contributed by atoms with Gasteiger partial charge in [-0.25, -0.2) is 0 Å². The summed E-state index contributed by atoms with van der Waals surface area (Å²) in [5.74, 6) is 0.674. The van der Waals surface area contributed by atoms with Crippen LogP contribution >= 0.6 is 0 Å². The molecule has 0 aliphatic rings. The summed E-state index contributed by atoms with van der Waals surface area (Å²) < 4.78 is 4.84. The molecular formula is C7H6NO2Pd-. The van der Waals surface area contributed by atoms with Gasteiger partial charge in [-0.05, 0) is 5.69 Å². The van der Waals surface area contributed by atoms with E-state index in [1.54, 1.807) is 25.3 Å². The standard InChI is InChI=1S/C7H6NO2.Pd/c1-10-7-4-2-6(8-9)3-5-7;/h2,4-5H,1H3;/q-1;. The maximum atomic E-state index is 9.88. The Kier molecular flexibility index (Phi) is 4.68. The van der Waals surface area contributed by atoms with E-state index in [4.69, 9.17) is 4.74 Å². The third-order valence-corrected chi connectivity index (χ3v) is 1.10. The van der Waals surface area contributed by atoms with Gasteiger partial charge >= 0.3 is 0 Å². The number of rotatable bonds is 2. The van der Waals surface area contributed by atoms with Crippen LogP contribution in [0.25, 0.3) is 0 Å². The van der Waals surface area contributed by atoms with Crippen LogP contribution in [0.15, 0.2) is 23.4 Å². The molecule has 62 valence electrons. The second-order valence-electron chi connectivity index (χ2n) is 1.71. The molecule has 0 saturated carbocycles. The minimum Gasteiger partial charge on any atom is -0.554 e. The van der Waals surface area contributed by atoms with Gasteiger partial charge in [0.2, 0.25) is 0 Å². The fourth-order valence-corrected chi connectivity index (χ4v) is 0.586. The summed E-state index contributed by atoms with van der Waals surface area (Å²) in [6, 6.07) is 7.41. The molecule has 0 amide bonds. The van der Waals surface area contributed by atoms with Crippen molar-refractivity contribution in [2.24, 2.45) is 5.18 Å². The average Bonchev–Trinajstić information content (AvgIpc) is 2.05. The number of nitroso groups, excluding NO2 is 1. The summed E-state index contributed by atoms with van der Waals surface area (Å²) in [5, 5.41) is 2.68. The SMILES string of the molecule is COc1c[c-]c(N=O)cc1.[Pd]. The number of hydrogen-bond acceptors (Lipinski definition) is 3. The van der Waals surface area contributed by atoms with E-state index >= 15 is 0 Å². The number of benzene rings is 1. The van der Waals surface area contributed by atoms with Gasteiger partial charge in [-0.15, -0.1) is 29.2 Å². The molecule has 1 aromatic carbocycles. The first kappa shape index (κ1) is 10.3. The monoisotopic (exact) mass is 242 g/mol. The molecule has 0 atom stereocenters. The largest absolute Gasteiger partial charge is 0.554 e. The first-order chi connectivity index (χ1) is 4.86. The van der Waals surface area contributed by atoms with Gasteiger partial charge in [-0.1, -0.05) is 5.18 Å². The van der Waals surface area contributed by atoms with Gasteiger partial charge in [-0.3, -0.25) is 0 Å². The van der Waals surface area contributed by atoms with Crippen LogP contribution in [0.3, 0.4) is 0 Å². The van der Waals surface area contributed by atoms with Crippen LogP contribution in [0.4, 0.5) is 5.69 Å². The first-order valence-electron chi connectivity index (χ1n) is 2.76. The molecule has 4 heteroatoms. The molecule has 0 spiro atoms. The number of ether oxygens (including phenoxy) is 1. The Morgan fingerprint density at radius 3 is 2.64 bits per heavy atom. The van der Waals surface area contributed by atoms with Crippen LogP contribution in [-0.2, 0) is 20.4 Å². The van der Waals surface area contributed by atoms with Crippen molar-refractivity contribution in [2.45, 2.75) is 0 Å². The minimum absolute atomic E-state index is 0.